The van der Waals surface area contributed by atoms with Crippen LogP contribution in [0.5, 0.6) is 0 Å². The molecule has 33 heavy (non-hydrogen) atoms. The van der Waals surface area contributed by atoms with Gasteiger partial charge in [0.05, 0.1) is 0 Å². The van der Waals surface area contributed by atoms with Gasteiger partial charge in [-0.1, -0.05) is 112 Å². The zero-order valence-corrected chi connectivity index (χ0v) is 21.0. The summed E-state index contributed by atoms with van der Waals surface area (Å²) >= 11 is 0. The van der Waals surface area contributed by atoms with E-state index >= 15 is 0 Å². The smallest absolute Gasteiger partial charge is 0.135 e. The average molecular weight is 450 g/mol. The van der Waals surface area contributed by atoms with Crippen molar-refractivity contribution >= 4 is 5.78 Å². The number of carbonyl (C=O) groups excluding carboxylic acids is 1. The van der Waals surface area contributed by atoms with Crippen LogP contribution in [0.2, 0.25) is 0 Å². The molecule has 0 saturated carbocycles. The van der Waals surface area contributed by atoms with Crippen molar-refractivity contribution in [2.45, 2.75) is 59.4 Å². The zero-order valence-electron chi connectivity index (χ0n) is 21.0. The van der Waals surface area contributed by atoms with Gasteiger partial charge in [-0.15, -0.1) is 0 Å². The van der Waals surface area contributed by atoms with E-state index < -0.39 is 0 Å². The summed E-state index contributed by atoms with van der Waals surface area (Å²) in [5, 5.41) is 3.23. The fraction of sp³-hybridized carbons (Fsp3) is 0.367. The summed E-state index contributed by atoms with van der Waals surface area (Å²) in [6.45, 7) is 10.1. The van der Waals surface area contributed by atoms with Crippen molar-refractivity contribution in [2.75, 3.05) is 7.05 Å². The Balaban J connectivity index is 0.000000406. The van der Waals surface area contributed by atoms with Crippen molar-refractivity contribution in [1.82, 2.24) is 5.32 Å². The molecule has 3 rings (SSSR count). The van der Waals surface area contributed by atoms with Crippen molar-refractivity contribution in [3.63, 3.8) is 0 Å². The van der Waals surface area contributed by atoms with Gasteiger partial charge in [-0.2, -0.15) is 0 Å². The molecule has 0 aliphatic heterocycles. The van der Waals surface area contributed by atoms with Gasteiger partial charge in [-0.05, 0) is 50.1 Å². The van der Waals surface area contributed by atoms with E-state index in [2.05, 4.69) is 45.1 Å². The molecule has 2 nitrogen and oxygen atoms in total. The largest absolute Gasteiger partial charge is 0.312 e. The normalized spacial score (nSPS) is 12.8. The molecule has 3 aromatic rings. The summed E-state index contributed by atoms with van der Waals surface area (Å²) in [5.41, 5.74) is 3.37. The van der Waals surface area contributed by atoms with E-state index in [0.717, 1.165) is 11.1 Å². The Morgan fingerprint density at radius 3 is 1.67 bits per heavy atom. The van der Waals surface area contributed by atoms with Gasteiger partial charge in [-0.25, -0.2) is 4.39 Å². The van der Waals surface area contributed by atoms with Crippen LogP contribution in [0.4, 0.5) is 4.39 Å². The molecule has 0 saturated heterocycles. The summed E-state index contributed by atoms with van der Waals surface area (Å²) in [7, 11) is 1.83. The van der Waals surface area contributed by atoms with Crippen LogP contribution in [-0.2, 0) is 4.79 Å². The van der Waals surface area contributed by atoms with E-state index in [1.165, 1.54) is 30.5 Å². The van der Waals surface area contributed by atoms with Crippen LogP contribution < -0.4 is 5.32 Å². The number of aryl methyl sites for hydroxylation is 1. The molecule has 0 aromatic heterocycles. The lowest BCUT2D eigenvalue weighted by Crippen LogP contribution is -2.33. The Hall–Kier alpha value is -2.78. The standard InChI is InChI=1S/C19H22FNO.C7H8.C4H10/c1-13(15-7-5-4-6-8-15)18(14(2)22)19(21-3)16-9-11-17(20)12-10-16;1-7-5-3-2-4-6-7;1-3-4-2/h4-13,18-19,21H,1-3H3;2-6H,1H3;3-4H2,1-2H3. The van der Waals surface area contributed by atoms with E-state index in [4.69, 9.17) is 0 Å². The summed E-state index contributed by atoms with van der Waals surface area (Å²) in [5.74, 6) is -0.284. The van der Waals surface area contributed by atoms with Gasteiger partial charge in [0.1, 0.15) is 11.6 Å². The maximum absolute atomic E-state index is 13.1. The molecule has 0 bridgehead atoms. The predicted molar refractivity (Wildman–Crippen MR) is 139 cm³/mol. The quantitative estimate of drug-likeness (QED) is 0.397. The molecule has 3 unspecified atom stereocenters. The fourth-order valence-corrected chi connectivity index (χ4v) is 3.60. The minimum atomic E-state index is -0.269. The number of hydrogen-bond acceptors (Lipinski definition) is 2. The van der Waals surface area contributed by atoms with Crippen molar-refractivity contribution in [3.05, 3.63) is 107 Å². The van der Waals surface area contributed by atoms with E-state index in [1.807, 2.05) is 55.6 Å². The highest BCUT2D eigenvalue weighted by atomic mass is 19.1. The highest BCUT2D eigenvalue weighted by Crippen LogP contribution is 2.35. The second-order valence-corrected chi connectivity index (χ2v) is 8.31. The Morgan fingerprint density at radius 2 is 1.30 bits per heavy atom. The van der Waals surface area contributed by atoms with E-state index in [-0.39, 0.29) is 29.5 Å². The monoisotopic (exact) mass is 449 g/mol. The molecular weight excluding hydrogens is 409 g/mol. The zero-order chi connectivity index (χ0) is 24.6. The lowest BCUT2D eigenvalue weighted by atomic mass is 9.78. The first-order chi connectivity index (χ1) is 15.8. The number of rotatable bonds is 7. The number of unbranched alkanes of at least 4 members (excludes halogenated alkanes) is 1. The molecule has 178 valence electrons. The number of nitrogens with one attached hydrogen (secondary N) is 1. The Bertz CT molecular complexity index is 892. The molecule has 0 aliphatic rings. The molecular formula is C30H40FNO. The lowest BCUT2D eigenvalue weighted by molar-refractivity contribution is -0.122. The molecule has 0 aliphatic carbocycles. The first-order valence-electron chi connectivity index (χ1n) is 11.8. The molecule has 0 heterocycles. The van der Waals surface area contributed by atoms with Crippen LogP contribution in [0.25, 0.3) is 0 Å². The highest BCUT2D eigenvalue weighted by Gasteiger charge is 2.31. The number of halogens is 1. The molecule has 3 aromatic carbocycles. The SMILES string of the molecule is CCCC.CNC(c1ccc(F)cc1)C(C(C)=O)C(C)c1ccccc1.Cc1ccccc1. The van der Waals surface area contributed by atoms with Crippen LogP contribution in [0.1, 0.15) is 69.2 Å². The number of hydrogen-bond donors (Lipinski definition) is 1. The second kappa shape index (κ2) is 15.9. The third-order valence-electron chi connectivity index (χ3n) is 5.67. The summed E-state index contributed by atoms with van der Waals surface area (Å²) in [6.07, 6.45) is 2.64. The molecule has 3 heteroatoms. The van der Waals surface area contributed by atoms with Gasteiger partial charge in [0, 0.05) is 12.0 Å². The number of ketones is 1. The Morgan fingerprint density at radius 1 is 0.818 bits per heavy atom. The van der Waals surface area contributed by atoms with Gasteiger partial charge < -0.3 is 5.32 Å². The van der Waals surface area contributed by atoms with Gasteiger partial charge in [0.25, 0.3) is 0 Å². The van der Waals surface area contributed by atoms with Crippen LogP contribution in [-0.4, -0.2) is 12.8 Å². The van der Waals surface area contributed by atoms with Crippen LogP contribution in [0.3, 0.4) is 0 Å². The van der Waals surface area contributed by atoms with Gasteiger partial charge in [0.2, 0.25) is 0 Å². The first kappa shape index (κ1) is 28.3. The topological polar surface area (TPSA) is 29.1 Å². The summed E-state index contributed by atoms with van der Waals surface area (Å²) in [6, 6.07) is 26.5. The molecule has 0 fully saturated rings. The lowest BCUT2D eigenvalue weighted by Gasteiger charge is -2.30. The van der Waals surface area contributed by atoms with Crippen LogP contribution in [0, 0.1) is 18.7 Å². The maximum atomic E-state index is 13.1. The molecule has 0 radical (unpaired) electrons. The van der Waals surface area contributed by atoms with Crippen LogP contribution >= 0.6 is 0 Å². The molecule has 0 spiro atoms. The maximum Gasteiger partial charge on any atom is 0.135 e. The van der Waals surface area contributed by atoms with Crippen molar-refractivity contribution < 1.29 is 9.18 Å². The average Bonchev–Trinajstić information content (AvgIpc) is 2.84. The van der Waals surface area contributed by atoms with E-state index in [9.17, 15) is 9.18 Å². The Labute approximate surface area is 200 Å². The summed E-state index contributed by atoms with van der Waals surface area (Å²) in [4.78, 5) is 12.3. The minimum Gasteiger partial charge on any atom is -0.312 e. The molecule has 1 N–H and O–H groups in total. The van der Waals surface area contributed by atoms with Crippen molar-refractivity contribution in [1.29, 1.82) is 0 Å². The van der Waals surface area contributed by atoms with Crippen molar-refractivity contribution in [2.24, 2.45) is 5.92 Å². The van der Waals surface area contributed by atoms with Gasteiger partial charge in [0.15, 0.2) is 0 Å². The van der Waals surface area contributed by atoms with Gasteiger partial charge in [-0.3, -0.25) is 4.79 Å². The molecule has 3 atom stereocenters. The van der Waals surface area contributed by atoms with Crippen molar-refractivity contribution in [3.8, 4) is 0 Å². The Kier molecular flexibility index (Phi) is 13.6. The summed E-state index contributed by atoms with van der Waals surface area (Å²) < 4.78 is 13.1. The van der Waals surface area contributed by atoms with Crippen LogP contribution in [0.15, 0.2) is 84.9 Å². The van der Waals surface area contributed by atoms with E-state index in [1.54, 1.807) is 19.1 Å². The third-order valence-corrected chi connectivity index (χ3v) is 5.67. The highest BCUT2D eigenvalue weighted by molar-refractivity contribution is 5.80. The number of benzene rings is 3. The fourth-order valence-electron chi connectivity index (χ4n) is 3.60. The predicted octanol–water partition coefficient (Wildman–Crippen LogP) is 7.90. The second-order valence-electron chi connectivity index (χ2n) is 8.31. The number of carbonyl (C=O) groups is 1. The van der Waals surface area contributed by atoms with E-state index in [0.29, 0.717) is 0 Å². The minimum absolute atomic E-state index is 0.0706. The van der Waals surface area contributed by atoms with Gasteiger partial charge >= 0.3 is 0 Å². The molecule has 0 amide bonds. The number of Topliss-reactive ketones (excluding diaryl/α,β-unsaturated/α-hetero) is 1. The first-order valence-corrected chi connectivity index (χ1v) is 11.8. The third kappa shape index (κ3) is 10.1.